The van der Waals surface area contributed by atoms with Gasteiger partial charge in [0.25, 0.3) is 0 Å². The van der Waals surface area contributed by atoms with Gasteiger partial charge in [-0.2, -0.15) is 0 Å². The van der Waals surface area contributed by atoms with Gasteiger partial charge in [-0.3, -0.25) is 0 Å². The molecule has 3 radical (unpaired) electrons. The molecular formula is C20H16N3O3Sn. The Morgan fingerprint density at radius 1 is 1.04 bits per heavy atom. The molecule has 0 amide bonds. The summed E-state index contributed by atoms with van der Waals surface area (Å²) in [6, 6.07) is 16.4. The van der Waals surface area contributed by atoms with Crippen LogP contribution >= 0.6 is 0 Å². The van der Waals surface area contributed by atoms with E-state index in [1.165, 1.54) is 12.1 Å². The normalized spacial score (nSPS) is 11.0. The molecule has 0 aliphatic carbocycles. The number of hydrogen-bond acceptors (Lipinski definition) is 5. The van der Waals surface area contributed by atoms with Gasteiger partial charge in [0.05, 0.1) is 0 Å². The second kappa shape index (κ2) is 7.11. The number of phenols is 2. The van der Waals surface area contributed by atoms with E-state index in [1.54, 1.807) is 6.07 Å². The molecule has 0 aliphatic rings. The van der Waals surface area contributed by atoms with E-state index < -0.39 is 0 Å². The fourth-order valence-electron chi connectivity index (χ4n) is 3.09. The Labute approximate surface area is 169 Å². The number of ether oxygens (including phenoxy) is 1. The minimum atomic E-state index is -0.0432. The Morgan fingerprint density at radius 3 is 2.67 bits per heavy atom. The molecule has 0 saturated heterocycles. The molecule has 0 spiro atoms. The van der Waals surface area contributed by atoms with Crippen molar-refractivity contribution >= 4 is 37.1 Å². The first-order chi connectivity index (χ1) is 13.1. The third kappa shape index (κ3) is 3.21. The van der Waals surface area contributed by atoms with E-state index in [4.69, 9.17) is 4.74 Å². The summed E-state index contributed by atoms with van der Waals surface area (Å²) in [6.07, 6.45) is 0. The van der Waals surface area contributed by atoms with Crippen molar-refractivity contribution in [2.24, 2.45) is 0 Å². The second-order valence-electron chi connectivity index (χ2n) is 5.98. The zero-order valence-electron chi connectivity index (χ0n) is 14.5. The molecule has 1 heterocycles. The number of aromatic nitrogens is 3. The fraction of sp³-hybridized carbons (Fsp3) is 0.100. The predicted molar refractivity (Wildman–Crippen MR) is 104 cm³/mol. The first-order valence-electron chi connectivity index (χ1n) is 8.44. The van der Waals surface area contributed by atoms with E-state index in [-0.39, 0.29) is 11.5 Å². The third-order valence-corrected chi connectivity index (χ3v) is 5.19. The minimum absolute atomic E-state index is 0.00118. The zero-order chi connectivity index (χ0) is 19.0. The maximum absolute atomic E-state index is 10.3. The van der Waals surface area contributed by atoms with Crippen molar-refractivity contribution in [1.29, 1.82) is 0 Å². The van der Waals surface area contributed by atoms with Crippen LogP contribution in [0.1, 0.15) is 6.92 Å². The topological polar surface area (TPSA) is 80.4 Å². The van der Waals surface area contributed by atoms with Crippen molar-refractivity contribution < 1.29 is 14.9 Å². The molecule has 4 rings (SSSR count). The molecule has 0 fully saturated rings. The van der Waals surface area contributed by atoms with Crippen molar-refractivity contribution in [2.45, 2.75) is 6.92 Å². The monoisotopic (exact) mass is 466 g/mol. The standard InChI is InChI=1S/C20H16N3O3.Sn/c1-2-26-15-7-9-16-13(10-15)4-3-5-18(16)23-12-21-22-20(23)17-8-6-14(24)11-19(17)25;/h3-11,24-25H,2H2,1H3;. The second-order valence-corrected chi connectivity index (χ2v) is 7.25. The van der Waals surface area contributed by atoms with Crippen LogP contribution in [-0.2, 0) is 0 Å². The molecule has 6 nitrogen and oxygen atoms in total. The van der Waals surface area contributed by atoms with Crippen LogP contribution in [0.25, 0.3) is 27.8 Å². The van der Waals surface area contributed by atoms with Gasteiger partial charge < -0.3 is 0 Å². The summed E-state index contributed by atoms with van der Waals surface area (Å²) in [5.74, 6) is 1.31. The van der Waals surface area contributed by atoms with Crippen molar-refractivity contribution in [2.75, 3.05) is 6.61 Å². The SMILES string of the molecule is CCOc1ccc2c(-n3[c]([Sn])nnc3-c3ccc(O)cc3O)cccc2c1. The Balaban J connectivity index is 1.93. The molecular weight excluding hydrogens is 449 g/mol. The molecule has 0 bridgehead atoms. The summed E-state index contributed by atoms with van der Waals surface area (Å²) in [4.78, 5) is 0. The molecule has 0 aliphatic heterocycles. The Bertz CT molecular complexity index is 1140. The van der Waals surface area contributed by atoms with E-state index >= 15 is 0 Å². The van der Waals surface area contributed by atoms with Crippen LogP contribution in [0.4, 0.5) is 0 Å². The first-order valence-corrected chi connectivity index (χ1v) is 9.86. The van der Waals surface area contributed by atoms with Crippen LogP contribution < -0.4 is 8.58 Å². The molecule has 0 unspecified atom stereocenters. The molecule has 7 heteroatoms. The van der Waals surface area contributed by atoms with Crippen molar-refractivity contribution in [3.8, 4) is 34.3 Å². The van der Waals surface area contributed by atoms with Gasteiger partial charge in [-0.05, 0) is 0 Å². The number of benzene rings is 3. The van der Waals surface area contributed by atoms with Gasteiger partial charge in [0.2, 0.25) is 0 Å². The van der Waals surface area contributed by atoms with E-state index in [0.29, 0.717) is 18.0 Å². The molecule has 1 aromatic heterocycles. The molecule has 2 N–H and O–H groups in total. The van der Waals surface area contributed by atoms with Gasteiger partial charge in [0.15, 0.2) is 0 Å². The Morgan fingerprint density at radius 2 is 1.89 bits per heavy atom. The Hall–Kier alpha value is -2.74. The van der Waals surface area contributed by atoms with Gasteiger partial charge in [0, 0.05) is 0 Å². The van der Waals surface area contributed by atoms with Gasteiger partial charge in [-0.15, -0.1) is 0 Å². The first kappa shape index (κ1) is 17.7. The summed E-state index contributed by atoms with van der Waals surface area (Å²) in [5.41, 5.74) is 1.44. The summed E-state index contributed by atoms with van der Waals surface area (Å²) in [6.45, 7) is 2.57. The van der Waals surface area contributed by atoms with Crippen LogP contribution in [-0.4, -0.2) is 54.1 Å². The summed E-state index contributed by atoms with van der Waals surface area (Å²) < 4.78 is 8.33. The van der Waals surface area contributed by atoms with Gasteiger partial charge >= 0.3 is 169 Å². The van der Waals surface area contributed by atoms with E-state index in [1.807, 2.05) is 47.9 Å². The quantitative estimate of drug-likeness (QED) is 0.454. The number of phenolic OH excluding ortho intramolecular Hbond substituents is 2. The number of fused-ring (bicyclic) bond motifs is 1. The van der Waals surface area contributed by atoms with Crippen molar-refractivity contribution in [3.05, 3.63) is 54.6 Å². The van der Waals surface area contributed by atoms with Crippen LogP contribution in [0.15, 0.2) is 54.6 Å². The molecule has 3 aromatic carbocycles. The number of rotatable bonds is 4. The molecule has 27 heavy (non-hydrogen) atoms. The number of hydrogen-bond donors (Lipinski definition) is 2. The van der Waals surface area contributed by atoms with Crippen LogP contribution in [0.5, 0.6) is 17.2 Å². The molecule has 133 valence electrons. The van der Waals surface area contributed by atoms with E-state index in [2.05, 4.69) is 10.2 Å². The van der Waals surface area contributed by atoms with Gasteiger partial charge in [-0.1, -0.05) is 0 Å². The number of aromatic hydroxyl groups is 2. The van der Waals surface area contributed by atoms with Crippen LogP contribution in [0, 0.1) is 0 Å². The van der Waals surface area contributed by atoms with Crippen molar-refractivity contribution in [1.82, 2.24) is 14.8 Å². The van der Waals surface area contributed by atoms with Crippen LogP contribution in [0.3, 0.4) is 0 Å². The predicted octanol–water partition coefficient (Wildman–Crippen LogP) is 2.69. The zero-order valence-corrected chi connectivity index (χ0v) is 17.4. The Kier molecular flexibility index (Phi) is 4.65. The summed E-state index contributed by atoms with van der Waals surface area (Å²) >= 11 is 1.10. The summed E-state index contributed by atoms with van der Waals surface area (Å²) in [7, 11) is 0. The number of nitrogens with zero attached hydrogens (tertiary/aromatic N) is 3. The third-order valence-electron chi connectivity index (χ3n) is 4.27. The van der Waals surface area contributed by atoms with E-state index in [0.717, 1.165) is 48.6 Å². The average Bonchev–Trinajstić information content (AvgIpc) is 3.02. The molecule has 0 atom stereocenters. The molecule has 4 aromatic rings. The van der Waals surface area contributed by atoms with E-state index in [9.17, 15) is 10.2 Å². The van der Waals surface area contributed by atoms with Crippen LogP contribution in [0.2, 0.25) is 0 Å². The van der Waals surface area contributed by atoms with Gasteiger partial charge in [-0.25, -0.2) is 0 Å². The van der Waals surface area contributed by atoms with Crippen molar-refractivity contribution in [3.63, 3.8) is 0 Å². The summed E-state index contributed by atoms with van der Waals surface area (Å²) in [5, 5.41) is 30.5. The van der Waals surface area contributed by atoms with Gasteiger partial charge in [0.1, 0.15) is 0 Å². The fourth-order valence-corrected chi connectivity index (χ4v) is 3.88. The average molecular weight is 465 g/mol. The maximum atomic E-state index is 10.3. The molecule has 0 saturated carbocycles.